The number of hydrogen-bond acceptors (Lipinski definition) is 3. The Labute approximate surface area is 117 Å². The van der Waals surface area contributed by atoms with Gasteiger partial charge in [-0.15, -0.1) is 0 Å². The first-order valence-corrected chi connectivity index (χ1v) is 6.37. The molecule has 0 unspecified atom stereocenters. The summed E-state index contributed by atoms with van der Waals surface area (Å²) in [5.74, 6) is 0.184. The molecule has 0 aliphatic rings. The van der Waals surface area contributed by atoms with E-state index in [9.17, 15) is 4.79 Å². The van der Waals surface area contributed by atoms with Crippen LogP contribution in [0.5, 0.6) is 11.5 Å². The lowest BCUT2D eigenvalue weighted by Gasteiger charge is -2.09. The van der Waals surface area contributed by atoms with Gasteiger partial charge in [-0.25, -0.2) is 4.79 Å². The predicted molar refractivity (Wildman–Crippen MR) is 75.3 cm³/mol. The second kappa shape index (κ2) is 6.61. The van der Waals surface area contributed by atoms with Crippen molar-refractivity contribution in [3.05, 3.63) is 59.7 Å². The lowest BCUT2D eigenvalue weighted by Crippen LogP contribution is -2.03. The van der Waals surface area contributed by atoms with Gasteiger partial charge in [0.1, 0.15) is 23.7 Å². The number of benzene rings is 2. The summed E-state index contributed by atoms with van der Waals surface area (Å²) < 4.78 is 10.9. The van der Waals surface area contributed by atoms with E-state index in [0.717, 1.165) is 11.3 Å². The number of carboxylic acid groups (broad SMARTS) is 1. The van der Waals surface area contributed by atoms with Crippen molar-refractivity contribution in [3.8, 4) is 11.5 Å². The van der Waals surface area contributed by atoms with Crippen LogP contribution >= 0.6 is 0 Å². The molecule has 0 bridgehead atoms. The maximum atomic E-state index is 11.1. The molecule has 0 fully saturated rings. The maximum Gasteiger partial charge on any atom is 0.339 e. The predicted octanol–water partition coefficient (Wildman–Crippen LogP) is 3.36. The zero-order valence-electron chi connectivity index (χ0n) is 11.2. The number of aromatic carboxylic acids is 1. The van der Waals surface area contributed by atoms with Crippen LogP contribution in [0, 0.1) is 0 Å². The Balaban J connectivity index is 2.03. The van der Waals surface area contributed by atoms with E-state index in [1.807, 2.05) is 31.2 Å². The van der Waals surface area contributed by atoms with Gasteiger partial charge in [0.2, 0.25) is 0 Å². The summed E-state index contributed by atoms with van der Waals surface area (Å²) in [5.41, 5.74) is 1.12. The van der Waals surface area contributed by atoms with Crippen molar-refractivity contribution in [2.24, 2.45) is 0 Å². The molecule has 4 heteroatoms. The van der Waals surface area contributed by atoms with Crippen LogP contribution in [0.1, 0.15) is 22.8 Å². The third kappa shape index (κ3) is 3.51. The monoisotopic (exact) mass is 272 g/mol. The van der Waals surface area contributed by atoms with E-state index >= 15 is 0 Å². The summed E-state index contributed by atoms with van der Waals surface area (Å²) in [7, 11) is 0. The molecule has 104 valence electrons. The summed E-state index contributed by atoms with van der Waals surface area (Å²) in [6.07, 6.45) is 0. The number of carboxylic acids is 1. The minimum Gasteiger partial charge on any atom is -0.494 e. The van der Waals surface area contributed by atoms with Crippen LogP contribution < -0.4 is 9.47 Å². The third-order valence-electron chi connectivity index (χ3n) is 2.75. The summed E-state index contributed by atoms with van der Waals surface area (Å²) in [4.78, 5) is 11.1. The number of carbonyl (C=O) groups is 1. The lowest BCUT2D eigenvalue weighted by molar-refractivity contribution is 0.0692. The maximum absolute atomic E-state index is 11.1. The first kappa shape index (κ1) is 13.9. The highest BCUT2D eigenvalue weighted by Crippen LogP contribution is 2.20. The highest BCUT2D eigenvalue weighted by Gasteiger charge is 2.09. The third-order valence-corrected chi connectivity index (χ3v) is 2.75. The van der Waals surface area contributed by atoms with Gasteiger partial charge in [-0.2, -0.15) is 0 Å². The molecule has 0 aliphatic carbocycles. The fourth-order valence-electron chi connectivity index (χ4n) is 1.78. The first-order valence-electron chi connectivity index (χ1n) is 6.37. The Morgan fingerprint density at radius 2 is 1.75 bits per heavy atom. The summed E-state index contributed by atoms with van der Waals surface area (Å²) >= 11 is 0. The topological polar surface area (TPSA) is 55.8 Å². The summed E-state index contributed by atoms with van der Waals surface area (Å²) in [5, 5.41) is 9.06. The van der Waals surface area contributed by atoms with Gasteiger partial charge in [-0.1, -0.05) is 24.3 Å². The average Bonchev–Trinajstić information content (AvgIpc) is 2.47. The van der Waals surface area contributed by atoms with E-state index in [1.54, 1.807) is 18.2 Å². The average molecular weight is 272 g/mol. The van der Waals surface area contributed by atoms with Crippen LogP contribution in [-0.2, 0) is 6.61 Å². The van der Waals surface area contributed by atoms with Gasteiger partial charge in [0.05, 0.1) is 6.61 Å². The molecule has 0 saturated heterocycles. The van der Waals surface area contributed by atoms with Crippen molar-refractivity contribution in [1.82, 2.24) is 0 Å². The van der Waals surface area contributed by atoms with Gasteiger partial charge in [-0.3, -0.25) is 0 Å². The van der Waals surface area contributed by atoms with Crippen molar-refractivity contribution >= 4 is 5.97 Å². The number of hydrogen-bond donors (Lipinski definition) is 1. The molecule has 0 aliphatic heterocycles. The molecule has 0 heterocycles. The van der Waals surface area contributed by atoms with Gasteiger partial charge in [0, 0.05) is 0 Å². The van der Waals surface area contributed by atoms with Crippen LogP contribution in [0.2, 0.25) is 0 Å². The van der Waals surface area contributed by atoms with Crippen molar-refractivity contribution in [2.75, 3.05) is 6.61 Å². The second-order valence-corrected chi connectivity index (χ2v) is 4.17. The molecule has 4 nitrogen and oxygen atoms in total. The van der Waals surface area contributed by atoms with E-state index in [0.29, 0.717) is 19.0 Å². The minimum atomic E-state index is -0.993. The minimum absolute atomic E-state index is 0.165. The van der Waals surface area contributed by atoms with Crippen LogP contribution in [0.25, 0.3) is 0 Å². The zero-order chi connectivity index (χ0) is 14.4. The van der Waals surface area contributed by atoms with Gasteiger partial charge in [0.15, 0.2) is 0 Å². The molecule has 0 atom stereocenters. The fraction of sp³-hybridized carbons (Fsp3) is 0.188. The smallest absolute Gasteiger partial charge is 0.339 e. The van der Waals surface area contributed by atoms with Crippen LogP contribution in [0.3, 0.4) is 0 Å². The molecule has 0 saturated carbocycles. The Kier molecular flexibility index (Phi) is 4.60. The second-order valence-electron chi connectivity index (χ2n) is 4.17. The standard InChI is InChI=1S/C16H16O4/c1-2-19-13-9-7-12(8-10-13)11-20-15-6-4-3-5-14(15)16(17)18/h3-10H,2,11H2,1H3,(H,17,18). The summed E-state index contributed by atoms with van der Waals surface area (Å²) in [6.45, 7) is 2.87. The van der Waals surface area contributed by atoms with Gasteiger partial charge < -0.3 is 14.6 Å². The summed E-state index contributed by atoms with van der Waals surface area (Å²) in [6, 6.07) is 14.1. The van der Waals surface area contributed by atoms with Crippen LogP contribution in [0.15, 0.2) is 48.5 Å². The molecular formula is C16H16O4. The molecule has 20 heavy (non-hydrogen) atoms. The molecular weight excluding hydrogens is 256 g/mol. The molecule has 1 N–H and O–H groups in total. The Morgan fingerprint density at radius 1 is 1.05 bits per heavy atom. The zero-order valence-corrected chi connectivity index (χ0v) is 11.2. The fourth-order valence-corrected chi connectivity index (χ4v) is 1.78. The highest BCUT2D eigenvalue weighted by atomic mass is 16.5. The Morgan fingerprint density at radius 3 is 2.40 bits per heavy atom. The molecule has 2 aromatic rings. The largest absolute Gasteiger partial charge is 0.494 e. The van der Waals surface area contributed by atoms with E-state index in [-0.39, 0.29) is 5.56 Å². The highest BCUT2D eigenvalue weighted by molar-refractivity contribution is 5.90. The molecule has 0 radical (unpaired) electrons. The van der Waals surface area contributed by atoms with E-state index in [1.165, 1.54) is 6.07 Å². The van der Waals surface area contributed by atoms with Gasteiger partial charge in [-0.05, 0) is 36.8 Å². The van der Waals surface area contributed by atoms with Crippen molar-refractivity contribution in [1.29, 1.82) is 0 Å². The van der Waals surface area contributed by atoms with Crippen molar-refractivity contribution in [2.45, 2.75) is 13.5 Å². The SMILES string of the molecule is CCOc1ccc(COc2ccccc2C(=O)O)cc1. The molecule has 2 rings (SSSR count). The number of ether oxygens (including phenoxy) is 2. The van der Waals surface area contributed by atoms with E-state index in [4.69, 9.17) is 14.6 Å². The van der Waals surface area contributed by atoms with Crippen LogP contribution in [0.4, 0.5) is 0 Å². The molecule has 0 amide bonds. The van der Waals surface area contributed by atoms with E-state index in [2.05, 4.69) is 0 Å². The molecule has 0 aromatic heterocycles. The lowest BCUT2D eigenvalue weighted by atomic mass is 10.2. The van der Waals surface area contributed by atoms with Gasteiger partial charge in [0.25, 0.3) is 0 Å². The van der Waals surface area contributed by atoms with Crippen molar-refractivity contribution < 1.29 is 19.4 Å². The normalized spacial score (nSPS) is 10.1. The number of rotatable bonds is 6. The first-order chi connectivity index (χ1) is 9.70. The number of para-hydroxylation sites is 1. The molecule has 2 aromatic carbocycles. The van der Waals surface area contributed by atoms with Gasteiger partial charge >= 0.3 is 5.97 Å². The van der Waals surface area contributed by atoms with Crippen molar-refractivity contribution in [3.63, 3.8) is 0 Å². The quantitative estimate of drug-likeness (QED) is 0.876. The van der Waals surface area contributed by atoms with Crippen LogP contribution in [-0.4, -0.2) is 17.7 Å². The molecule has 0 spiro atoms. The Hall–Kier alpha value is -2.49. The van der Waals surface area contributed by atoms with E-state index < -0.39 is 5.97 Å². The Bertz CT molecular complexity index is 575.